The van der Waals surface area contributed by atoms with Crippen LogP contribution in [0, 0.1) is 17.8 Å². The van der Waals surface area contributed by atoms with Gasteiger partial charge in [-0.1, -0.05) is 20.8 Å². The van der Waals surface area contributed by atoms with Crippen LogP contribution in [0.1, 0.15) is 53.4 Å². The molecule has 6 atom stereocenters. The summed E-state index contributed by atoms with van der Waals surface area (Å²) in [5, 5.41) is 0. The molecule has 2 rings (SSSR count). The third-order valence-corrected chi connectivity index (χ3v) is 5.04. The Bertz CT molecular complexity index is 241. The van der Waals surface area contributed by atoms with Gasteiger partial charge in [-0.05, 0) is 56.9 Å². The Morgan fingerprint density at radius 1 is 0.941 bits per heavy atom. The van der Waals surface area contributed by atoms with E-state index >= 15 is 0 Å². The quantitative estimate of drug-likeness (QED) is 0.761. The highest BCUT2D eigenvalue weighted by Crippen LogP contribution is 2.35. The van der Waals surface area contributed by atoms with Gasteiger partial charge >= 0.3 is 0 Å². The van der Waals surface area contributed by atoms with Crippen LogP contribution in [0.5, 0.6) is 0 Å². The summed E-state index contributed by atoms with van der Waals surface area (Å²) in [6.45, 7) is 10.8. The average molecular weight is 238 g/mol. The van der Waals surface area contributed by atoms with Crippen LogP contribution in [0.4, 0.5) is 0 Å². The number of hydrogen-bond acceptors (Lipinski definition) is 2. The molecular weight excluding hydrogens is 208 g/mol. The fourth-order valence-electron chi connectivity index (χ4n) is 4.34. The van der Waals surface area contributed by atoms with Crippen LogP contribution >= 0.6 is 0 Å². The summed E-state index contributed by atoms with van der Waals surface area (Å²) >= 11 is 0. The van der Waals surface area contributed by atoms with E-state index in [1.165, 1.54) is 32.2 Å². The van der Waals surface area contributed by atoms with Crippen molar-refractivity contribution in [1.82, 2.24) is 4.90 Å². The highest BCUT2D eigenvalue weighted by molar-refractivity contribution is 4.95. The monoisotopic (exact) mass is 238 g/mol. The molecule has 6 unspecified atom stereocenters. The maximum Gasteiger partial charge on any atom is 0.0275 e. The van der Waals surface area contributed by atoms with Crippen molar-refractivity contribution in [2.24, 2.45) is 23.5 Å². The van der Waals surface area contributed by atoms with E-state index < -0.39 is 0 Å². The van der Waals surface area contributed by atoms with Gasteiger partial charge in [0.2, 0.25) is 0 Å². The summed E-state index contributed by atoms with van der Waals surface area (Å²) in [5.41, 5.74) is 6.45. The van der Waals surface area contributed by atoms with Gasteiger partial charge in [-0.25, -0.2) is 0 Å². The molecule has 0 spiro atoms. The largest absolute Gasteiger partial charge is 0.326 e. The van der Waals surface area contributed by atoms with Crippen molar-refractivity contribution in [3.63, 3.8) is 0 Å². The zero-order valence-electron chi connectivity index (χ0n) is 12.0. The van der Waals surface area contributed by atoms with E-state index in [9.17, 15) is 0 Å². The minimum absolute atomic E-state index is 0.393. The van der Waals surface area contributed by atoms with Crippen molar-refractivity contribution in [3.05, 3.63) is 0 Å². The Hall–Kier alpha value is -0.0800. The molecule has 2 nitrogen and oxygen atoms in total. The van der Waals surface area contributed by atoms with E-state index in [-0.39, 0.29) is 0 Å². The smallest absolute Gasteiger partial charge is 0.0275 e. The standard InChI is InChI=1S/C15H30N2/c1-10-5-6-17(13(4)8-10)15-12(3)7-11(2)9-14(15)16/h10-15H,5-9,16H2,1-4H3. The predicted molar refractivity (Wildman–Crippen MR) is 73.9 cm³/mol. The van der Waals surface area contributed by atoms with Gasteiger partial charge in [0.15, 0.2) is 0 Å². The normalized spacial score (nSPS) is 49.2. The first kappa shape index (κ1) is 13.4. The Morgan fingerprint density at radius 3 is 2.24 bits per heavy atom. The van der Waals surface area contributed by atoms with E-state index in [2.05, 4.69) is 32.6 Å². The number of nitrogens with zero attached hydrogens (tertiary/aromatic N) is 1. The molecule has 0 bridgehead atoms. The van der Waals surface area contributed by atoms with Crippen molar-refractivity contribution in [1.29, 1.82) is 0 Å². The van der Waals surface area contributed by atoms with Crippen LogP contribution in [-0.2, 0) is 0 Å². The van der Waals surface area contributed by atoms with Gasteiger partial charge in [0, 0.05) is 18.1 Å². The van der Waals surface area contributed by atoms with Crippen LogP contribution in [0.15, 0.2) is 0 Å². The Kier molecular flexibility index (Phi) is 4.14. The van der Waals surface area contributed by atoms with Crippen LogP contribution < -0.4 is 5.73 Å². The molecule has 100 valence electrons. The topological polar surface area (TPSA) is 29.3 Å². The van der Waals surface area contributed by atoms with E-state index in [0.717, 1.165) is 23.8 Å². The summed E-state index contributed by atoms with van der Waals surface area (Å²) in [4.78, 5) is 2.72. The number of piperidine rings is 1. The van der Waals surface area contributed by atoms with Gasteiger partial charge in [-0.3, -0.25) is 4.90 Å². The lowest BCUT2D eigenvalue weighted by Gasteiger charge is -2.49. The van der Waals surface area contributed by atoms with Crippen LogP contribution in [0.25, 0.3) is 0 Å². The number of rotatable bonds is 1. The van der Waals surface area contributed by atoms with Crippen molar-refractivity contribution in [2.75, 3.05) is 6.54 Å². The van der Waals surface area contributed by atoms with Crippen LogP contribution in [0.3, 0.4) is 0 Å². The summed E-state index contributed by atoms with van der Waals surface area (Å²) in [6, 6.07) is 1.75. The second kappa shape index (κ2) is 5.27. The van der Waals surface area contributed by atoms with E-state index in [4.69, 9.17) is 5.73 Å². The molecule has 0 aromatic carbocycles. The minimum atomic E-state index is 0.393. The summed E-state index contributed by atoms with van der Waals surface area (Å²) in [5.74, 6) is 2.48. The Balaban J connectivity index is 2.05. The highest BCUT2D eigenvalue weighted by Gasteiger charge is 2.38. The molecule has 2 fully saturated rings. The van der Waals surface area contributed by atoms with E-state index in [1.807, 2.05) is 0 Å². The lowest BCUT2D eigenvalue weighted by Crippen LogP contribution is -2.59. The van der Waals surface area contributed by atoms with Crippen LogP contribution in [-0.4, -0.2) is 29.6 Å². The number of nitrogens with two attached hydrogens (primary N) is 1. The molecule has 1 aliphatic carbocycles. The molecule has 17 heavy (non-hydrogen) atoms. The molecule has 2 heteroatoms. The van der Waals surface area contributed by atoms with Crippen molar-refractivity contribution < 1.29 is 0 Å². The third kappa shape index (κ3) is 2.85. The lowest BCUT2D eigenvalue weighted by atomic mass is 9.75. The Labute approximate surface area is 107 Å². The number of hydrogen-bond donors (Lipinski definition) is 1. The van der Waals surface area contributed by atoms with E-state index in [0.29, 0.717) is 12.1 Å². The molecule has 1 saturated carbocycles. The minimum Gasteiger partial charge on any atom is -0.326 e. The van der Waals surface area contributed by atoms with Crippen molar-refractivity contribution >= 4 is 0 Å². The first-order chi connectivity index (χ1) is 7.99. The molecule has 2 aliphatic rings. The van der Waals surface area contributed by atoms with Gasteiger partial charge in [0.1, 0.15) is 0 Å². The first-order valence-corrected chi connectivity index (χ1v) is 7.50. The molecule has 0 aromatic heterocycles. The second-order valence-electron chi connectivity index (χ2n) is 6.92. The molecule has 0 amide bonds. The molecule has 1 heterocycles. The molecule has 2 N–H and O–H groups in total. The van der Waals surface area contributed by atoms with Gasteiger partial charge in [-0.15, -0.1) is 0 Å². The molecule has 1 aliphatic heterocycles. The molecule has 1 saturated heterocycles. The van der Waals surface area contributed by atoms with Gasteiger partial charge in [-0.2, -0.15) is 0 Å². The fourth-order valence-corrected chi connectivity index (χ4v) is 4.34. The van der Waals surface area contributed by atoms with Crippen molar-refractivity contribution in [2.45, 2.75) is 71.5 Å². The average Bonchev–Trinajstić information content (AvgIpc) is 2.19. The third-order valence-electron chi connectivity index (χ3n) is 5.04. The molecule has 0 radical (unpaired) electrons. The fraction of sp³-hybridized carbons (Fsp3) is 1.00. The SMILES string of the molecule is CC1CC(C)C(N2CCC(C)CC2C)C(N)C1. The second-order valence-corrected chi connectivity index (χ2v) is 6.92. The molecular formula is C15H30N2. The van der Waals surface area contributed by atoms with Crippen molar-refractivity contribution in [3.8, 4) is 0 Å². The number of likely N-dealkylation sites (tertiary alicyclic amines) is 1. The van der Waals surface area contributed by atoms with E-state index in [1.54, 1.807) is 0 Å². The first-order valence-electron chi connectivity index (χ1n) is 7.50. The highest BCUT2D eigenvalue weighted by atomic mass is 15.2. The van der Waals surface area contributed by atoms with Crippen LogP contribution in [0.2, 0.25) is 0 Å². The van der Waals surface area contributed by atoms with Gasteiger partial charge in [0.25, 0.3) is 0 Å². The maximum absolute atomic E-state index is 6.45. The molecule has 0 aromatic rings. The lowest BCUT2D eigenvalue weighted by molar-refractivity contribution is 0.0150. The predicted octanol–water partition coefficient (Wildman–Crippen LogP) is 2.87. The zero-order chi connectivity index (χ0) is 12.6. The van der Waals surface area contributed by atoms with Gasteiger partial charge < -0.3 is 5.73 Å². The maximum atomic E-state index is 6.45. The summed E-state index contributed by atoms with van der Waals surface area (Å²) in [7, 11) is 0. The zero-order valence-corrected chi connectivity index (χ0v) is 12.0. The van der Waals surface area contributed by atoms with Gasteiger partial charge in [0.05, 0.1) is 0 Å². The summed E-state index contributed by atoms with van der Waals surface area (Å²) < 4.78 is 0. The summed E-state index contributed by atoms with van der Waals surface area (Å²) in [6.07, 6.45) is 5.28. The Morgan fingerprint density at radius 2 is 1.65 bits per heavy atom.